The van der Waals surface area contributed by atoms with E-state index in [4.69, 9.17) is 13.3 Å². The lowest BCUT2D eigenvalue weighted by atomic mass is 9.90. The van der Waals surface area contributed by atoms with Crippen molar-refractivity contribution in [1.29, 1.82) is 0 Å². The molecule has 0 bridgehead atoms. The Hall–Kier alpha value is -6.06. The van der Waals surface area contributed by atoms with Gasteiger partial charge < -0.3 is 13.3 Å². The van der Waals surface area contributed by atoms with Crippen LogP contribution >= 0.6 is 0 Å². The highest BCUT2D eigenvalue weighted by molar-refractivity contribution is 6.14. The van der Waals surface area contributed by atoms with Crippen LogP contribution in [0.1, 0.15) is 22.6 Å². The Balaban J connectivity index is 1.20. The Bertz CT molecular complexity index is 2840. The van der Waals surface area contributed by atoms with Crippen LogP contribution in [0.15, 0.2) is 141 Å². The lowest BCUT2D eigenvalue weighted by molar-refractivity contribution is 0.656. The van der Waals surface area contributed by atoms with Crippen molar-refractivity contribution in [3.05, 3.63) is 144 Å². The predicted octanol–water partition coefficient (Wildman–Crippen LogP) is 12.2. The molecule has 7 aromatic carbocycles. The second-order valence-electron chi connectivity index (χ2n) is 12.7. The summed E-state index contributed by atoms with van der Waals surface area (Å²) >= 11 is 0. The van der Waals surface area contributed by atoms with Crippen molar-refractivity contribution in [1.82, 2.24) is 0 Å². The van der Waals surface area contributed by atoms with Gasteiger partial charge >= 0.3 is 0 Å². The molecule has 12 rings (SSSR count). The Morgan fingerprint density at radius 1 is 0.326 bits per heavy atom. The van der Waals surface area contributed by atoms with Crippen molar-refractivity contribution >= 4 is 65.8 Å². The third-order valence-corrected chi connectivity index (χ3v) is 10.5. The first-order valence-electron chi connectivity index (χ1n) is 15.8. The van der Waals surface area contributed by atoms with Gasteiger partial charge in [0.1, 0.15) is 33.5 Å². The van der Waals surface area contributed by atoms with Gasteiger partial charge in [-0.15, -0.1) is 0 Å². The summed E-state index contributed by atoms with van der Waals surface area (Å²) in [5.74, 6) is 0.0258. The third-order valence-electron chi connectivity index (χ3n) is 10.5. The summed E-state index contributed by atoms with van der Waals surface area (Å²) in [5.41, 5.74) is 16.8. The minimum absolute atomic E-state index is 0.0258. The van der Waals surface area contributed by atoms with Crippen molar-refractivity contribution in [3.8, 4) is 33.4 Å². The summed E-state index contributed by atoms with van der Waals surface area (Å²) in [6.07, 6.45) is 0. The number of fused-ring (bicyclic) bond motifs is 17. The minimum atomic E-state index is 0.0258. The maximum Gasteiger partial charge on any atom is 0.140 e. The third kappa shape index (κ3) is 2.72. The molecule has 3 heteroatoms. The van der Waals surface area contributed by atoms with Gasteiger partial charge in [0.25, 0.3) is 0 Å². The number of hydrogen-bond donors (Lipinski definition) is 0. The number of benzene rings is 7. The first kappa shape index (κ1) is 23.3. The Kier molecular flexibility index (Phi) is 4.04. The Labute approximate surface area is 261 Å². The highest BCUT2D eigenvalue weighted by Gasteiger charge is 2.43. The van der Waals surface area contributed by atoms with E-state index in [0.29, 0.717) is 0 Å². The molecule has 46 heavy (non-hydrogen) atoms. The molecule has 10 aromatic rings. The first-order valence-corrected chi connectivity index (χ1v) is 15.8. The van der Waals surface area contributed by atoms with Crippen LogP contribution < -0.4 is 0 Å². The predicted molar refractivity (Wildman–Crippen MR) is 186 cm³/mol. The molecule has 0 spiro atoms. The molecule has 3 aromatic heterocycles. The van der Waals surface area contributed by atoms with Crippen LogP contribution in [0.5, 0.6) is 0 Å². The van der Waals surface area contributed by atoms with E-state index < -0.39 is 0 Å². The van der Waals surface area contributed by atoms with Crippen molar-refractivity contribution in [2.75, 3.05) is 0 Å². The summed E-state index contributed by atoms with van der Waals surface area (Å²) < 4.78 is 19.6. The fraction of sp³-hybridized carbons (Fsp3) is 0.0233. The van der Waals surface area contributed by atoms with Crippen LogP contribution in [0.3, 0.4) is 0 Å². The number of hydrogen-bond acceptors (Lipinski definition) is 3. The minimum Gasteiger partial charge on any atom is -0.456 e. The molecule has 0 unspecified atom stereocenters. The molecule has 0 saturated heterocycles. The van der Waals surface area contributed by atoms with E-state index in [0.717, 1.165) is 65.8 Å². The van der Waals surface area contributed by atoms with Crippen LogP contribution in [0.25, 0.3) is 99.2 Å². The van der Waals surface area contributed by atoms with Gasteiger partial charge in [-0.1, -0.05) is 72.8 Å². The van der Waals surface area contributed by atoms with E-state index in [-0.39, 0.29) is 5.92 Å². The average Bonchev–Trinajstić information content (AvgIpc) is 3.90. The van der Waals surface area contributed by atoms with E-state index >= 15 is 0 Å². The molecular formula is C43H22O3. The van der Waals surface area contributed by atoms with Crippen molar-refractivity contribution in [2.24, 2.45) is 0 Å². The lowest BCUT2D eigenvalue weighted by Crippen LogP contribution is -1.96. The van der Waals surface area contributed by atoms with E-state index in [1.807, 2.05) is 24.3 Å². The number of furan rings is 3. The quantitative estimate of drug-likeness (QED) is 0.192. The average molecular weight is 587 g/mol. The SMILES string of the molecule is c1ccc2c(c1)oc1ccc(-c3cc4c5c(c3)-c3ccc6c(oc7ccccc76)c3C5c3c-4ccc4c3oc3ccccc34)cc12. The zero-order valence-electron chi connectivity index (χ0n) is 24.4. The maximum atomic E-state index is 6.72. The van der Waals surface area contributed by atoms with Gasteiger partial charge in [-0.05, 0) is 93.5 Å². The number of para-hydroxylation sites is 3. The molecule has 0 N–H and O–H groups in total. The van der Waals surface area contributed by atoms with Gasteiger partial charge in [-0.25, -0.2) is 0 Å². The zero-order chi connectivity index (χ0) is 29.7. The van der Waals surface area contributed by atoms with Crippen LogP contribution in [-0.2, 0) is 0 Å². The van der Waals surface area contributed by atoms with E-state index in [9.17, 15) is 0 Å². The van der Waals surface area contributed by atoms with Gasteiger partial charge in [0, 0.05) is 49.4 Å². The molecule has 3 heterocycles. The van der Waals surface area contributed by atoms with Gasteiger partial charge in [0.15, 0.2) is 0 Å². The molecule has 0 aliphatic heterocycles. The normalized spacial score (nSPS) is 13.6. The molecule has 3 nitrogen and oxygen atoms in total. The van der Waals surface area contributed by atoms with Crippen LogP contribution in [-0.4, -0.2) is 0 Å². The van der Waals surface area contributed by atoms with Crippen LogP contribution in [0.4, 0.5) is 0 Å². The molecule has 212 valence electrons. The first-order chi connectivity index (χ1) is 22.8. The molecule has 0 saturated carbocycles. The molecular weight excluding hydrogens is 564 g/mol. The van der Waals surface area contributed by atoms with E-state index in [1.165, 1.54) is 50.1 Å². The summed E-state index contributed by atoms with van der Waals surface area (Å²) in [7, 11) is 0. The molecule has 0 radical (unpaired) electrons. The second-order valence-corrected chi connectivity index (χ2v) is 12.7. The van der Waals surface area contributed by atoms with Crippen molar-refractivity contribution < 1.29 is 13.3 Å². The largest absolute Gasteiger partial charge is 0.456 e. The molecule has 2 aliphatic carbocycles. The highest BCUT2D eigenvalue weighted by atomic mass is 16.3. The molecule has 2 aliphatic rings. The van der Waals surface area contributed by atoms with Gasteiger partial charge in [-0.3, -0.25) is 0 Å². The van der Waals surface area contributed by atoms with Gasteiger partial charge in [0.2, 0.25) is 0 Å². The number of rotatable bonds is 1. The zero-order valence-corrected chi connectivity index (χ0v) is 24.4. The standard InChI is InChI=1S/C43H22O3/c1-5-11-35-24(7-1)29-16-14-27-32-20-23(22-13-18-37-31(19-22)26-9-3-4-10-34(26)44-37)21-33-28-15-17-30-25-8-2-6-12-36(25)46-43(30)40(28)41(38(32)33)39(27)42(29)45-35/h1-21,41H. The van der Waals surface area contributed by atoms with Crippen LogP contribution in [0.2, 0.25) is 0 Å². The molecule has 0 amide bonds. The summed E-state index contributed by atoms with van der Waals surface area (Å²) in [6, 6.07) is 45.5. The maximum absolute atomic E-state index is 6.72. The lowest BCUT2D eigenvalue weighted by Gasteiger charge is -2.12. The summed E-state index contributed by atoms with van der Waals surface area (Å²) in [6.45, 7) is 0. The Morgan fingerprint density at radius 3 is 1.41 bits per heavy atom. The van der Waals surface area contributed by atoms with Crippen molar-refractivity contribution in [3.63, 3.8) is 0 Å². The molecule has 0 fully saturated rings. The topological polar surface area (TPSA) is 39.4 Å². The second kappa shape index (κ2) is 7.96. The molecule has 0 atom stereocenters. The van der Waals surface area contributed by atoms with Gasteiger partial charge in [0.05, 0.1) is 0 Å². The fourth-order valence-electron chi connectivity index (χ4n) is 8.58. The van der Waals surface area contributed by atoms with Crippen molar-refractivity contribution in [2.45, 2.75) is 5.92 Å². The van der Waals surface area contributed by atoms with E-state index in [1.54, 1.807) is 0 Å². The monoisotopic (exact) mass is 586 g/mol. The van der Waals surface area contributed by atoms with Crippen LogP contribution in [0, 0.1) is 0 Å². The van der Waals surface area contributed by atoms with E-state index in [2.05, 4.69) is 103 Å². The summed E-state index contributed by atoms with van der Waals surface area (Å²) in [5, 5.41) is 6.89. The van der Waals surface area contributed by atoms with Gasteiger partial charge in [-0.2, -0.15) is 0 Å². The summed E-state index contributed by atoms with van der Waals surface area (Å²) in [4.78, 5) is 0. The smallest absolute Gasteiger partial charge is 0.140 e. The highest BCUT2D eigenvalue weighted by Crippen LogP contribution is 2.62. The fourth-order valence-corrected chi connectivity index (χ4v) is 8.58. The Morgan fingerprint density at radius 2 is 0.826 bits per heavy atom.